The van der Waals surface area contributed by atoms with E-state index in [1.165, 1.54) is 5.69 Å². The molecule has 0 amide bonds. The third-order valence-corrected chi connectivity index (χ3v) is 3.90. The Labute approximate surface area is 123 Å². The van der Waals surface area contributed by atoms with Crippen molar-refractivity contribution in [1.82, 2.24) is 9.78 Å². The van der Waals surface area contributed by atoms with E-state index in [0.717, 1.165) is 42.9 Å². The van der Waals surface area contributed by atoms with Gasteiger partial charge in [0, 0.05) is 30.4 Å². The van der Waals surface area contributed by atoms with Crippen molar-refractivity contribution in [3.05, 3.63) is 54.7 Å². The van der Waals surface area contributed by atoms with Crippen LogP contribution >= 0.6 is 0 Å². The first-order chi connectivity index (χ1) is 10.4. The molecule has 2 aromatic carbocycles. The second-order valence-corrected chi connectivity index (χ2v) is 5.25. The fraction of sp³-hybridized carbons (Fsp3) is 0.235. The predicted octanol–water partition coefficient (Wildman–Crippen LogP) is 2.86. The van der Waals surface area contributed by atoms with Crippen LogP contribution in [0.4, 0.5) is 5.69 Å². The maximum atomic E-state index is 5.39. The van der Waals surface area contributed by atoms with Crippen LogP contribution in [0, 0.1) is 0 Å². The van der Waals surface area contributed by atoms with E-state index in [2.05, 4.69) is 46.5 Å². The van der Waals surface area contributed by atoms with Crippen molar-refractivity contribution in [2.24, 2.45) is 0 Å². The van der Waals surface area contributed by atoms with Gasteiger partial charge in [-0.3, -0.25) is 0 Å². The number of benzene rings is 2. The van der Waals surface area contributed by atoms with Crippen molar-refractivity contribution in [3.63, 3.8) is 0 Å². The molecular formula is C17H17N3O. The fourth-order valence-electron chi connectivity index (χ4n) is 2.73. The van der Waals surface area contributed by atoms with Crippen LogP contribution in [0.25, 0.3) is 16.6 Å². The van der Waals surface area contributed by atoms with Gasteiger partial charge in [0.2, 0.25) is 0 Å². The van der Waals surface area contributed by atoms with Crippen LogP contribution in [0.3, 0.4) is 0 Å². The minimum atomic E-state index is 0.812. The summed E-state index contributed by atoms with van der Waals surface area (Å²) < 4.78 is 7.33. The number of aromatic nitrogens is 2. The summed E-state index contributed by atoms with van der Waals surface area (Å²) in [6, 6.07) is 16.7. The van der Waals surface area contributed by atoms with Crippen LogP contribution in [0.15, 0.2) is 54.7 Å². The number of nitrogens with zero attached hydrogens (tertiary/aromatic N) is 3. The molecule has 0 saturated carbocycles. The maximum absolute atomic E-state index is 5.39. The third-order valence-electron chi connectivity index (χ3n) is 3.90. The Balaban J connectivity index is 1.63. The van der Waals surface area contributed by atoms with Gasteiger partial charge in [0.25, 0.3) is 0 Å². The van der Waals surface area contributed by atoms with Gasteiger partial charge < -0.3 is 9.64 Å². The second-order valence-electron chi connectivity index (χ2n) is 5.25. The normalized spacial score (nSPS) is 15.5. The third kappa shape index (κ3) is 2.38. The van der Waals surface area contributed by atoms with Crippen molar-refractivity contribution in [3.8, 4) is 5.69 Å². The molecule has 1 fully saturated rings. The van der Waals surface area contributed by atoms with Crippen LogP contribution in [-0.4, -0.2) is 36.1 Å². The van der Waals surface area contributed by atoms with Crippen LogP contribution in [0.5, 0.6) is 0 Å². The van der Waals surface area contributed by atoms with E-state index in [-0.39, 0.29) is 0 Å². The van der Waals surface area contributed by atoms with Crippen LogP contribution in [-0.2, 0) is 4.74 Å². The molecule has 1 saturated heterocycles. The number of anilines is 1. The molecule has 21 heavy (non-hydrogen) atoms. The Morgan fingerprint density at radius 2 is 1.57 bits per heavy atom. The number of hydrogen-bond donors (Lipinski definition) is 0. The highest BCUT2D eigenvalue weighted by Crippen LogP contribution is 2.20. The summed E-state index contributed by atoms with van der Waals surface area (Å²) in [6.45, 7) is 3.55. The van der Waals surface area contributed by atoms with Gasteiger partial charge in [0.1, 0.15) is 0 Å². The van der Waals surface area contributed by atoms with Crippen molar-refractivity contribution in [2.75, 3.05) is 31.2 Å². The van der Waals surface area contributed by atoms with E-state index >= 15 is 0 Å². The van der Waals surface area contributed by atoms with E-state index in [9.17, 15) is 0 Å². The monoisotopic (exact) mass is 279 g/mol. The molecule has 1 aliphatic heterocycles. The SMILES string of the molecule is c1ccc2nn(-c3ccc(N4CCOCC4)cc3)cc2c1. The number of rotatable bonds is 2. The summed E-state index contributed by atoms with van der Waals surface area (Å²) >= 11 is 0. The van der Waals surface area contributed by atoms with Gasteiger partial charge in [0.15, 0.2) is 0 Å². The Kier molecular flexibility index (Phi) is 3.09. The molecule has 0 bridgehead atoms. The average molecular weight is 279 g/mol. The van der Waals surface area contributed by atoms with Crippen molar-refractivity contribution >= 4 is 16.6 Å². The lowest BCUT2D eigenvalue weighted by Crippen LogP contribution is -2.36. The number of fused-ring (bicyclic) bond motifs is 1. The van der Waals surface area contributed by atoms with Crippen LogP contribution in [0.1, 0.15) is 0 Å². The van der Waals surface area contributed by atoms with E-state index in [1.54, 1.807) is 0 Å². The lowest BCUT2D eigenvalue weighted by molar-refractivity contribution is 0.122. The maximum Gasteiger partial charge on any atom is 0.0927 e. The molecule has 0 radical (unpaired) electrons. The number of hydrogen-bond acceptors (Lipinski definition) is 3. The van der Waals surface area contributed by atoms with Gasteiger partial charge in [-0.2, -0.15) is 5.10 Å². The van der Waals surface area contributed by atoms with E-state index in [1.807, 2.05) is 22.9 Å². The standard InChI is InChI=1S/C17H17N3O/c1-2-4-17-14(3-1)13-20(18-17)16-7-5-15(6-8-16)19-9-11-21-12-10-19/h1-8,13H,9-12H2. The van der Waals surface area contributed by atoms with Gasteiger partial charge in [-0.05, 0) is 30.3 Å². The van der Waals surface area contributed by atoms with Crippen LogP contribution < -0.4 is 4.90 Å². The zero-order valence-electron chi connectivity index (χ0n) is 11.8. The minimum Gasteiger partial charge on any atom is -0.378 e. The highest BCUT2D eigenvalue weighted by Gasteiger charge is 2.11. The molecule has 1 aliphatic rings. The molecule has 4 rings (SSSR count). The lowest BCUT2D eigenvalue weighted by Gasteiger charge is -2.28. The molecule has 0 atom stereocenters. The van der Waals surface area contributed by atoms with Gasteiger partial charge in [0.05, 0.1) is 24.4 Å². The zero-order chi connectivity index (χ0) is 14.1. The number of morpholine rings is 1. The topological polar surface area (TPSA) is 30.3 Å². The van der Waals surface area contributed by atoms with Gasteiger partial charge >= 0.3 is 0 Å². The Hall–Kier alpha value is -2.33. The molecule has 106 valence electrons. The molecule has 4 heteroatoms. The molecular weight excluding hydrogens is 262 g/mol. The zero-order valence-corrected chi connectivity index (χ0v) is 11.8. The average Bonchev–Trinajstić information content (AvgIpc) is 3.00. The van der Waals surface area contributed by atoms with Gasteiger partial charge in [-0.15, -0.1) is 0 Å². The molecule has 0 unspecified atom stereocenters. The fourth-order valence-corrected chi connectivity index (χ4v) is 2.73. The summed E-state index contributed by atoms with van der Waals surface area (Å²) in [5.74, 6) is 0. The summed E-state index contributed by atoms with van der Waals surface area (Å²) in [4.78, 5) is 2.35. The minimum absolute atomic E-state index is 0.812. The van der Waals surface area contributed by atoms with Gasteiger partial charge in [-0.1, -0.05) is 18.2 Å². The smallest absolute Gasteiger partial charge is 0.0927 e. The van der Waals surface area contributed by atoms with E-state index < -0.39 is 0 Å². The summed E-state index contributed by atoms with van der Waals surface area (Å²) in [7, 11) is 0. The van der Waals surface area contributed by atoms with Crippen LogP contribution in [0.2, 0.25) is 0 Å². The first-order valence-corrected chi connectivity index (χ1v) is 7.28. The molecule has 0 spiro atoms. The highest BCUT2D eigenvalue weighted by molar-refractivity contribution is 5.78. The number of ether oxygens (including phenoxy) is 1. The molecule has 4 nitrogen and oxygen atoms in total. The van der Waals surface area contributed by atoms with E-state index in [0.29, 0.717) is 0 Å². The Morgan fingerprint density at radius 3 is 2.33 bits per heavy atom. The van der Waals surface area contributed by atoms with Crippen molar-refractivity contribution in [2.45, 2.75) is 0 Å². The lowest BCUT2D eigenvalue weighted by atomic mass is 10.2. The van der Waals surface area contributed by atoms with Crippen molar-refractivity contribution < 1.29 is 4.74 Å². The molecule has 1 aromatic heterocycles. The summed E-state index contributed by atoms with van der Waals surface area (Å²) in [6.07, 6.45) is 2.07. The largest absolute Gasteiger partial charge is 0.378 e. The highest BCUT2D eigenvalue weighted by atomic mass is 16.5. The molecule has 3 aromatic rings. The second kappa shape index (κ2) is 5.22. The van der Waals surface area contributed by atoms with Crippen molar-refractivity contribution in [1.29, 1.82) is 0 Å². The first kappa shape index (κ1) is 12.4. The predicted molar refractivity (Wildman–Crippen MR) is 84.1 cm³/mol. The summed E-state index contributed by atoms with van der Waals surface area (Å²) in [5, 5.41) is 5.77. The molecule has 0 N–H and O–H groups in total. The Morgan fingerprint density at radius 1 is 0.857 bits per heavy atom. The quantitative estimate of drug-likeness (QED) is 0.722. The molecule has 2 heterocycles. The Bertz CT molecular complexity index is 709. The van der Waals surface area contributed by atoms with Gasteiger partial charge in [-0.25, -0.2) is 4.68 Å². The van der Waals surface area contributed by atoms with E-state index in [4.69, 9.17) is 4.74 Å². The molecule has 0 aliphatic carbocycles. The summed E-state index contributed by atoms with van der Waals surface area (Å²) in [5.41, 5.74) is 3.36. The first-order valence-electron chi connectivity index (χ1n) is 7.28.